The van der Waals surface area contributed by atoms with E-state index in [9.17, 15) is 0 Å². The van der Waals surface area contributed by atoms with Crippen LogP contribution in [0.15, 0.2) is 60.0 Å². The lowest BCUT2D eigenvalue weighted by Crippen LogP contribution is -2.18. The number of rotatable bonds is 8. The second kappa shape index (κ2) is 9.37. The number of benzene rings is 2. The first-order valence-corrected chi connectivity index (χ1v) is 11.0. The number of aromatic nitrogens is 1. The number of pyridine rings is 1. The fourth-order valence-electron chi connectivity index (χ4n) is 3.65. The van der Waals surface area contributed by atoms with Crippen LogP contribution in [0.4, 0.5) is 0 Å². The predicted molar refractivity (Wildman–Crippen MR) is 126 cm³/mol. The molecule has 0 amide bonds. The number of nitrogens with zero attached hydrogens (tertiary/aromatic N) is 1. The molecule has 0 unspecified atom stereocenters. The van der Waals surface area contributed by atoms with Crippen LogP contribution in [0.5, 0.6) is 17.2 Å². The van der Waals surface area contributed by atoms with Gasteiger partial charge in [0, 0.05) is 28.4 Å². The van der Waals surface area contributed by atoms with Crippen LogP contribution in [0.2, 0.25) is 0 Å². The van der Waals surface area contributed by atoms with Gasteiger partial charge < -0.3 is 19.5 Å². The van der Waals surface area contributed by atoms with E-state index in [1.165, 1.54) is 4.88 Å². The van der Waals surface area contributed by atoms with Gasteiger partial charge in [-0.15, -0.1) is 11.3 Å². The molecule has 0 fully saturated rings. The maximum Gasteiger partial charge on any atom is 0.145 e. The van der Waals surface area contributed by atoms with Crippen molar-refractivity contribution in [2.24, 2.45) is 0 Å². The third-order valence-electron chi connectivity index (χ3n) is 5.34. The number of hydrogen-bond donors (Lipinski definition) is 1. The molecule has 0 saturated heterocycles. The molecule has 0 aliphatic rings. The van der Waals surface area contributed by atoms with Crippen molar-refractivity contribution >= 4 is 22.2 Å². The monoisotopic (exact) mass is 434 g/mol. The quantitative estimate of drug-likeness (QED) is 0.378. The van der Waals surface area contributed by atoms with E-state index in [4.69, 9.17) is 19.2 Å². The third-order valence-corrected chi connectivity index (χ3v) is 6.39. The van der Waals surface area contributed by atoms with E-state index in [0.717, 1.165) is 39.2 Å². The predicted octanol–water partition coefficient (Wildman–Crippen LogP) is 5.84. The summed E-state index contributed by atoms with van der Waals surface area (Å²) in [6.45, 7) is 2.84. The highest BCUT2D eigenvalue weighted by molar-refractivity contribution is 7.10. The zero-order valence-electron chi connectivity index (χ0n) is 18.1. The van der Waals surface area contributed by atoms with Gasteiger partial charge in [-0.1, -0.05) is 18.2 Å². The molecule has 2 aromatic carbocycles. The van der Waals surface area contributed by atoms with Crippen LogP contribution >= 0.6 is 11.3 Å². The SMILES string of the molecule is COc1cccc(-c2nc3c(OC)ccc(OC)c3cc2CN[C@@H](C)c2cccs2)c1. The first-order chi connectivity index (χ1) is 15.1. The Morgan fingerprint density at radius 2 is 1.74 bits per heavy atom. The van der Waals surface area contributed by atoms with Gasteiger partial charge >= 0.3 is 0 Å². The lowest BCUT2D eigenvalue weighted by atomic mass is 10.0. The van der Waals surface area contributed by atoms with Gasteiger partial charge in [0.1, 0.15) is 22.8 Å². The summed E-state index contributed by atoms with van der Waals surface area (Å²) in [5.41, 5.74) is 3.74. The Labute approximate surface area is 186 Å². The van der Waals surface area contributed by atoms with E-state index in [0.29, 0.717) is 12.3 Å². The molecule has 2 heterocycles. The average Bonchev–Trinajstić information content (AvgIpc) is 3.36. The summed E-state index contributed by atoms with van der Waals surface area (Å²) in [4.78, 5) is 6.34. The molecule has 0 saturated carbocycles. The van der Waals surface area contributed by atoms with Gasteiger partial charge in [0.15, 0.2) is 0 Å². The molecular weight excluding hydrogens is 408 g/mol. The highest BCUT2D eigenvalue weighted by Crippen LogP contribution is 2.36. The van der Waals surface area contributed by atoms with Crippen molar-refractivity contribution in [3.63, 3.8) is 0 Å². The minimum atomic E-state index is 0.237. The average molecular weight is 435 g/mol. The second-order valence-electron chi connectivity index (χ2n) is 7.21. The fourth-order valence-corrected chi connectivity index (χ4v) is 4.41. The second-order valence-corrected chi connectivity index (χ2v) is 8.19. The topological polar surface area (TPSA) is 52.6 Å². The number of fused-ring (bicyclic) bond motifs is 1. The molecule has 0 radical (unpaired) electrons. The van der Waals surface area contributed by atoms with Gasteiger partial charge in [-0.05, 0) is 54.3 Å². The number of thiophene rings is 1. The number of hydrogen-bond acceptors (Lipinski definition) is 6. The molecule has 0 aliphatic heterocycles. The third kappa shape index (κ3) is 4.36. The van der Waals surface area contributed by atoms with Crippen molar-refractivity contribution in [3.05, 3.63) is 70.4 Å². The maximum absolute atomic E-state index is 5.61. The molecule has 6 heteroatoms. The lowest BCUT2D eigenvalue weighted by Gasteiger charge is -2.17. The van der Waals surface area contributed by atoms with Crippen molar-refractivity contribution in [1.82, 2.24) is 10.3 Å². The minimum Gasteiger partial charge on any atom is -0.497 e. The van der Waals surface area contributed by atoms with E-state index in [-0.39, 0.29) is 6.04 Å². The lowest BCUT2D eigenvalue weighted by molar-refractivity contribution is 0.409. The van der Waals surface area contributed by atoms with E-state index < -0.39 is 0 Å². The van der Waals surface area contributed by atoms with Gasteiger partial charge in [0.2, 0.25) is 0 Å². The number of ether oxygens (including phenoxy) is 3. The van der Waals surface area contributed by atoms with Gasteiger partial charge in [-0.25, -0.2) is 4.98 Å². The molecule has 0 spiro atoms. The molecular formula is C25H26N2O3S. The van der Waals surface area contributed by atoms with Crippen LogP contribution < -0.4 is 19.5 Å². The van der Waals surface area contributed by atoms with Crippen molar-refractivity contribution in [2.75, 3.05) is 21.3 Å². The van der Waals surface area contributed by atoms with Crippen LogP contribution in [0.3, 0.4) is 0 Å². The van der Waals surface area contributed by atoms with E-state index in [2.05, 4.69) is 41.9 Å². The van der Waals surface area contributed by atoms with Crippen LogP contribution in [-0.2, 0) is 6.54 Å². The number of methoxy groups -OCH3 is 3. The molecule has 160 valence electrons. The Morgan fingerprint density at radius 3 is 2.45 bits per heavy atom. The first kappa shape index (κ1) is 21.2. The summed E-state index contributed by atoms with van der Waals surface area (Å²) in [5, 5.41) is 6.66. The zero-order valence-corrected chi connectivity index (χ0v) is 19.0. The van der Waals surface area contributed by atoms with Gasteiger partial charge in [-0.3, -0.25) is 0 Å². The van der Waals surface area contributed by atoms with Crippen LogP contribution in [0, 0.1) is 0 Å². The first-order valence-electron chi connectivity index (χ1n) is 10.1. The van der Waals surface area contributed by atoms with Gasteiger partial charge in [0.05, 0.1) is 27.0 Å². The summed E-state index contributed by atoms with van der Waals surface area (Å²) in [7, 11) is 5.01. The molecule has 0 bridgehead atoms. The molecule has 2 aromatic heterocycles. The van der Waals surface area contributed by atoms with Gasteiger partial charge in [-0.2, -0.15) is 0 Å². The highest BCUT2D eigenvalue weighted by atomic mass is 32.1. The van der Waals surface area contributed by atoms with E-state index in [1.54, 1.807) is 32.7 Å². The van der Waals surface area contributed by atoms with Gasteiger partial charge in [0.25, 0.3) is 0 Å². The molecule has 5 nitrogen and oxygen atoms in total. The van der Waals surface area contributed by atoms with Crippen molar-refractivity contribution in [1.29, 1.82) is 0 Å². The zero-order chi connectivity index (χ0) is 21.8. The van der Waals surface area contributed by atoms with Crippen molar-refractivity contribution < 1.29 is 14.2 Å². The van der Waals surface area contributed by atoms with E-state index in [1.807, 2.05) is 30.3 Å². The van der Waals surface area contributed by atoms with Crippen LogP contribution in [0.25, 0.3) is 22.2 Å². The Morgan fingerprint density at radius 1 is 0.935 bits per heavy atom. The Balaban J connectivity index is 1.84. The summed E-state index contributed by atoms with van der Waals surface area (Å²) >= 11 is 1.75. The highest BCUT2D eigenvalue weighted by Gasteiger charge is 2.17. The summed E-state index contributed by atoms with van der Waals surface area (Å²) in [6, 6.07) is 18.4. The standard InChI is InChI=1S/C25H26N2O3S/c1-16(23-9-6-12-31-23)26-15-18-14-20-21(29-3)10-11-22(30-4)25(20)27-24(18)17-7-5-8-19(13-17)28-2/h5-14,16,26H,15H2,1-4H3/t16-/m0/s1. The minimum absolute atomic E-state index is 0.237. The normalized spacial score (nSPS) is 12.0. The van der Waals surface area contributed by atoms with E-state index >= 15 is 0 Å². The Bertz CT molecular complexity index is 1180. The largest absolute Gasteiger partial charge is 0.497 e. The molecule has 31 heavy (non-hydrogen) atoms. The smallest absolute Gasteiger partial charge is 0.145 e. The molecule has 4 rings (SSSR count). The van der Waals surface area contributed by atoms with Crippen molar-refractivity contribution in [2.45, 2.75) is 19.5 Å². The van der Waals surface area contributed by atoms with Crippen LogP contribution in [-0.4, -0.2) is 26.3 Å². The summed E-state index contributed by atoms with van der Waals surface area (Å²) < 4.78 is 16.7. The van der Waals surface area contributed by atoms with Crippen LogP contribution in [0.1, 0.15) is 23.4 Å². The Hall–Kier alpha value is -3.09. The Kier molecular flexibility index (Phi) is 6.39. The number of nitrogens with one attached hydrogen (secondary N) is 1. The summed E-state index contributed by atoms with van der Waals surface area (Å²) in [6.07, 6.45) is 0. The fraction of sp³-hybridized carbons (Fsp3) is 0.240. The molecule has 4 aromatic rings. The maximum atomic E-state index is 5.61. The van der Waals surface area contributed by atoms with Crippen molar-refractivity contribution in [3.8, 4) is 28.5 Å². The molecule has 1 N–H and O–H groups in total. The molecule has 0 aliphatic carbocycles. The molecule has 1 atom stereocenters. The summed E-state index contributed by atoms with van der Waals surface area (Å²) in [5.74, 6) is 2.28.